The van der Waals surface area contributed by atoms with Crippen molar-refractivity contribution >= 4 is 34.6 Å². The Balaban J connectivity index is 2.23. The Morgan fingerprint density at radius 2 is 1.75 bits per heavy atom. The summed E-state index contributed by atoms with van der Waals surface area (Å²) in [6.45, 7) is 6.43. The highest BCUT2D eigenvalue weighted by atomic mass is 15.0. The van der Waals surface area contributed by atoms with Gasteiger partial charge in [0.25, 0.3) is 0 Å². The highest BCUT2D eigenvalue weighted by molar-refractivity contribution is 5.88. The second-order valence-electron chi connectivity index (χ2n) is 5.13. The fourth-order valence-electron chi connectivity index (χ4n) is 2.96. The summed E-state index contributed by atoms with van der Waals surface area (Å²) < 4.78 is 0. The van der Waals surface area contributed by atoms with Gasteiger partial charge in [-0.3, -0.25) is 0 Å². The highest BCUT2D eigenvalue weighted by Crippen LogP contribution is 2.27. The van der Waals surface area contributed by atoms with Crippen molar-refractivity contribution in [2.75, 3.05) is 5.32 Å². The first-order valence-electron chi connectivity index (χ1n) is 6.71. The average molecular weight is 258 g/mol. The van der Waals surface area contributed by atoms with Gasteiger partial charge in [0.15, 0.2) is 0 Å². The molecule has 0 radical (unpaired) electrons. The maximum atomic E-state index is 4.75. The molecule has 1 aliphatic heterocycles. The lowest BCUT2D eigenvalue weighted by Crippen LogP contribution is -2.33. The van der Waals surface area contributed by atoms with Gasteiger partial charge in [-0.15, -0.1) is 0 Å². The number of hydrogen-bond acceptors (Lipinski definition) is 2. The fraction of sp³-hybridized carbons (Fsp3) is 0.0556. The van der Waals surface area contributed by atoms with E-state index in [9.17, 15) is 0 Å². The van der Waals surface area contributed by atoms with Gasteiger partial charge in [0.1, 0.15) is 5.82 Å². The summed E-state index contributed by atoms with van der Waals surface area (Å²) >= 11 is 0. The van der Waals surface area contributed by atoms with Crippen molar-refractivity contribution in [1.29, 1.82) is 0 Å². The van der Waals surface area contributed by atoms with Crippen LogP contribution in [0.15, 0.2) is 48.5 Å². The van der Waals surface area contributed by atoms with Crippen molar-refractivity contribution in [2.24, 2.45) is 0 Å². The van der Waals surface area contributed by atoms with Crippen molar-refractivity contribution in [3.05, 3.63) is 64.5 Å². The third-order valence-corrected chi connectivity index (χ3v) is 3.96. The zero-order valence-corrected chi connectivity index (χ0v) is 11.3. The molecule has 2 nitrogen and oxygen atoms in total. The summed E-state index contributed by atoms with van der Waals surface area (Å²) in [5, 5.41) is 6.72. The summed E-state index contributed by atoms with van der Waals surface area (Å²) in [6.07, 6.45) is 0. The molecule has 20 heavy (non-hydrogen) atoms. The summed E-state index contributed by atoms with van der Waals surface area (Å²) in [5.74, 6) is 0.907. The number of hydrogen-bond donors (Lipinski definition) is 1. The number of anilines is 2. The van der Waals surface area contributed by atoms with Crippen LogP contribution in [0.3, 0.4) is 0 Å². The van der Waals surface area contributed by atoms with E-state index < -0.39 is 0 Å². The molecule has 1 N–H and O–H groups in total. The van der Waals surface area contributed by atoms with Crippen molar-refractivity contribution in [2.45, 2.75) is 6.92 Å². The van der Waals surface area contributed by atoms with E-state index in [1.807, 2.05) is 24.3 Å². The highest BCUT2D eigenvalue weighted by Gasteiger charge is 2.15. The van der Waals surface area contributed by atoms with Gasteiger partial charge >= 0.3 is 0 Å². The molecule has 0 saturated heterocycles. The minimum atomic E-state index is 0.907. The molecule has 0 amide bonds. The molecule has 2 heteroatoms. The van der Waals surface area contributed by atoms with Crippen LogP contribution in [0.4, 0.5) is 11.5 Å². The van der Waals surface area contributed by atoms with Crippen LogP contribution in [0.5, 0.6) is 0 Å². The van der Waals surface area contributed by atoms with Gasteiger partial charge < -0.3 is 5.32 Å². The third kappa shape index (κ3) is 1.42. The molecule has 3 aromatic rings. The van der Waals surface area contributed by atoms with Crippen molar-refractivity contribution < 1.29 is 0 Å². The van der Waals surface area contributed by atoms with Crippen LogP contribution in [0, 0.1) is 0 Å². The number of pyridine rings is 1. The van der Waals surface area contributed by atoms with E-state index in [0.717, 1.165) is 32.8 Å². The summed E-state index contributed by atoms with van der Waals surface area (Å²) in [6, 6.07) is 16.5. The molecule has 0 bridgehead atoms. The fourth-order valence-corrected chi connectivity index (χ4v) is 2.96. The number of benzene rings is 2. The number of aromatic nitrogens is 1. The lowest BCUT2D eigenvalue weighted by Gasteiger charge is -2.19. The first kappa shape index (κ1) is 11.2. The molecule has 2 aromatic carbocycles. The van der Waals surface area contributed by atoms with Crippen LogP contribution in [0.25, 0.3) is 23.1 Å². The molecule has 2 heterocycles. The third-order valence-electron chi connectivity index (χ3n) is 3.96. The number of fused-ring (bicyclic) bond motifs is 3. The first-order valence-corrected chi connectivity index (χ1v) is 6.71. The molecular weight excluding hydrogens is 244 g/mol. The maximum Gasteiger partial charge on any atom is 0.139 e. The summed E-state index contributed by atoms with van der Waals surface area (Å²) in [4.78, 5) is 4.75. The van der Waals surface area contributed by atoms with Gasteiger partial charge in [-0.2, -0.15) is 0 Å². The molecule has 0 aliphatic carbocycles. The normalized spacial score (nSPS) is 12.8. The monoisotopic (exact) mass is 258 g/mol. The van der Waals surface area contributed by atoms with E-state index in [2.05, 4.69) is 43.1 Å². The smallest absolute Gasteiger partial charge is 0.139 e. The molecular formula is C18H14N2. The topological polar surface area (TPSA) is 24.9 Å². The van der Waals surface area contributed by atoms with Crippen LogP contribution < -0.4 is 15.8 Å². The Morgan fingerprint density at radius 3 is 2.65 bits per heavy atom. The molecule has 0 spiro atoms. The van der Waals surface area contributed by atoms with Crippen LogP contribution in [0.2, 0.25) is 0 Å². The lowest BCUT2D eigenvalue weighted by atomic mass is 9.98. The average Bonchev–Trinajstić information content (AvgIpc) is 2.47. The second-order valence-corrected chi connectivity index (χ2v) is 5.13. The van der Waals surface area contributed by atoms with Crippen LogP contribution >= 0.6 is 0 Å². The predicted molar refractivity (Wildman–Crippen MR) is 84.4 cm³/mol. The van der Waals surface area contributed by atoms with Gasteiger partial charge in [0, 0.05) is 21.9 Å². The minimum Gasteiger partial charge on any atom is -0.339 e. The largest absolute Gasteiger partial charge is 0.339 e. The molecule has 0 fully saturated rings. The zero-order valence-electron chi connectivity index (χ0n) is 11.3. The van der Waals surface area contributed by atoms with E-state index in [1.165, 1.54) is 11.1 Å². The van der Waals surface area contributed by atoms with Gasteiger partial charge in [-0.05, 0) is 29.8 Å². The van der Waals surface area contributed by atoms with Crippen LogP contribution in [-0.2, 0) is 0 Å². The van der Waals surface area contributed by atoms with Crippen molar-refractivity contribution in [3.8, 4) is 0 Å². The Labute approximate surface area is 117 Å². The van der Waals surface area contributed by atoms with Gasteiger partial charge in [-0.1, -0.05) is 43.0 Å². The van der Waals surface area contributed by atoms with E-state index in [1.54, 1.807) is 0 Å². The SMILES string of the molecule is C=c1c2c(nc3ccccc13)Nc1ccccc1C=2C. The predicted octanol–water partition coefficient (Wildman–Crippen LogP) is 2.92. The maximum absolute atomic E-state index is 4.75. The number of nitrogens with one attached hydrogen (secondary N) is 1. The number of para-hydroxylation sites is 2. The molecule has 1 aromatic heterocycles. The van der Waals surface area contributed by atoms with Crippen LogP contribution in [-0.4, -0.2) is 4.98 Å². The van der Waals surface area contributed by atoms with E-state index in [4.69, 9.17) is 4.98 Å². The Bertz CT molecular complexity index is 955. The molecule has 0 saturated carbocycles. The zero-order chi connectivity index (χ0) is 13.7. The Kier molecular flexibility index (Phi) is 2.21. The van der Waals surface area contributed by atoms with Crippen molar-refractivity contribution in [3.63, 3.8) is 0 Å². The van der Waals surface area contributed by atoms with Crippen LogP contribution in [0.1, 0.15) is 12.5 Å². The van der Waals surface area contributed by atoms with Gasteiger partial charge in [0.05, 0.1) is 5.52 Å². The van der Waals surface area contributed by atoms with E-state index >= 15 is 0 Å². The van der Waals surface area contributed by atoms with E-state index in [-0.39, 0.29) is 0 Å². The summed E-state index contributed by atoms with van der Waals surface area (Å²) in [5.41, 5.74) is 4.55. The number of rotatable bonds is 0. The molecule has 1 aliphatic rings. The lowest BCUT2D eigenvalue weighted by molar-refractivity contribution is 1.28. The molecule has 0 unspecified atom stereocenters. The van der Waals surface area contributed by atoms with Gasteiger partial charge in [-0.25, -0.2) is 4.98 Å². The molecule has 0 atom stereocenters. The Morgan fingerprint density at radius 1 is 1.00 bits per heavy atom. The molecule has 96 valence electrons. The standard InChI is InChI=1S/C18H14N2/c1-11-13-7-3-5-9-15(13)19-18-17(11)12(2)14-8-4-6-10-16(14)20-18/h3-10H,1H2,2H3,(H,19,20). The van der Waals surface area contributed by atoms with Crippen molar-refractivity contribution in [1.82, 2.24) is 4.98 Å². The second kappa shape index (κ2) is 3.94. The van der Waals surface area contributed by atoms with Gasteiger partial charge in [0.2, 0.25) is 0 Å². The minimum absolute atomic E-state index is 0.907. The Hall–Kier alpha value is -2.61. The summed E-state index contributed by atoms with van der Waals surface area (Å²) in [7, 11) is 0. The molecule has 4 rings (SSSR count). The first-order chi connectivity index (χ1) is 9.75. The quantitative estimate of drug-likeness (QED) is 0.670. The number of nitrogens with zero attached hydrogens (tertiary/aromatic N) is 1. The van der Waals surface area contributed by atoms with E-state index in [0.29, 0.717) is 0 Å².